The number of allylic oxidation sites excluding steroid dienone is 2. The van der Waals surface area contributed by atoms with Crippen LogP contribution in [0.25, 0.3) is 0 Å². The number of aliphatic carboxylic acids is 1. The number of carbonyl (C=O) groups is 2. The van der Waals surface area contributed by atoms with E-state index in [0.717, 1.165) is 5.56 Å². The van der Waals surface area contributed by atoms with Crippen LogP contribution in [-0.4, -0.2) is 22.6 Å². The van der Waals surface area contributed by atoms with Gasteiger partial charge in [0.05, 0.1) is 0 Å². The molecule has 2 unspecified atom stereocenters. The minimum Gasteiger partial charge on any atom is -0.481 e. The highest BCUT2D eigenvalue weighted by atomic mass is 16.5. The van der Waals surface area contributed by atoms with Gasteiger partial charge in [-0.1, -0.05) is 42.5 Å². The third-order valence-electron chi connectivity index (χ3n) is 3.28. The van der Waals surface area contributed by atoms with Gasteiger partial charge in [-0.2, -0.15) is 0 Å². The monoisotopic (exact) mass is 288 g/mol. The van der Waals surface area contributed by atoms with Crippen LogP contribution in [0.2, 0.25) is 0 Å². The first-order valence-electron chi connectivity index (χ1n) is 6.33. The fourth-order valence-corrected chi connectivity index (χ4v) is 2.17. The van der Waals surface area contributed by atoms with Crippen molar-refractivity contribution >= 4 is 11.9 Å². The van der Waals surface area contributed by atoms with Crippen molar-refractivity contribution < 1.29 is 19.4 Å². The third-order valence-corrected chi connectivity index (χ3v) is 3.28. The highest BCUT2D eigenvalue weighted by Gasteiger charge is 2.48. The van der Waals surface area contributed by atoms with Crippen LogP contribution in [0.3, 0.4) is 0 Å². The molecule has 1 aromatic rings. The topological polar surface area (TPSA) is 116 Å². The van der Waals surface area contributed by atoms with Gasteiger partial charge in [0.2, 0.25) is 0 Å². The number of esters is 1. The molecule has 0 saturated carbocycles. The Bertz CT molecular complexity index is 609. The van der Waals surface area contributed by atoms with Crippen LogP contribution in [0.4, 0.5) is 0 Å². The molecule has 2 rings (SSSR count). The molecule has 0 radical (unpaired) electrons. The third kappa shape index (κ3) is 2.95. The Morgan fingerprint density at radius 1 is 1.29 bits per heavy atom. The minimum atomic E-state index is -1.81. The van der Waals surface area contributed by atoms with Crippen LogP contribution in [0, 0.1) is 5.92 Å². The summed E-state index contributed by atoms with van der Waals surface area (Å²) in [6, 6.07) is 9.03. The standard InChI is InChI=1S/C15H16N2O4/c16-11-7-4-8-15(17,12(11)13(18)19)14(20)21-9-10-5-2-1-3-6-10/h1-8,12H,9,16-17H2,(H,18,19). The number of carboxylic acids is 1. The Hall–Kier alpha value is -2.60. The lowest BCUT2D eigenvalue weighted by Crippen LogP contribution is -2.58. The normalized spacial score (nSPS) is 24.2. The van der Waals surface area contributed by atoms with E-state index in [4.69, 9.17) is 16.2 Å². The summed E-state index contributed by atoms with van der Waals surface area (Å²) in [5.74, 6) is -3.44. The largest absolute Gasteiger partial charge is 0.481 e. The molecule has 6 heteroatoms. The predicted molar refractivity (Wildman–Crippen MR) is 75.7 cm³/mol. The molecule has 110 valence electrons. The van der Waals surface area contributed by atoms with Gasteiger partial charge in [0.25, 0.3) is 0 Å². The molecule has 2 atom stereocenters. The molecule has 5 N–H and O–H groups in total. The summed E-state index contributed by atoms with van der Waals surface area (Å²) in [5, 5.41) is 9.24. The summed E-state index contributed by atoms with van der Waals surface area (Å²) in [5.41, 5.74) is 10.6. The van der Waals surface area contributed by atoms with Crippen LogP contribution < -0.4 is 11.5 Å². The molecule has 0 fully saturated rings. The minimum absolute atomic E-state index is 0.0163. The number of nitrogens with two attached hydrogens (primary N) is 2. The molecular formula is C15H16N2O4. The van der Waals surface area contributed by atoms with Crippen LogP contribution in [0.15, 0.2) is 54.3 Å². The first-order valence-corrected chi connectivity index (χ1v) is 6.33. The molecule has 0 spiro atoms. The maximum absolute atomic E-state index is 12.2. The summed E-state index contributed by atoms with van der Waals surface area (Å²) >= 11 is 0. The summed E-state index contributed by atoms with van der Waals surface area (Å²) in [4.78, 5) is 23.5. The molecule has 6 nitrogen and oxygen atoms in total. The van der Waals surface area contributed by atoms with Crippen LogP contribution in [0.1, 0.15) is 5.56 Å². The number of ether oxygens (including phenoxy) is 1. The molecule has 0 bridgehead atoms. The van der Waals surface area contributed by atoms with Gasteiger partial charge in [0.1, 0.15) is 12.5 Å². The number of benzene rings is 1. The van der Waals surface area contributed by atoms with E-state index in [1.807, 2.05) is 18.2 Å². The van der Waals surface area contributed by atoms with Crippen molar-refractivity contribution in [2.45, 2.75) is 12.1 Å². The highest BCUT2D eigenvalue weighted by Crippen LogP contribution is 2.27. The van der Waals surface area contributed by atoms with Crippen molar-refractivity contribution in [2.75, 3.05) is 0 Å². The lowest BCUT2D eigenvalue weighted by atomic mass is 9.79. The quantitative estimate of drug-likeness (QED) is 0.696. The van der Waals surface area contributed by atoms with Crippen LogP contribution >= 0.6 is 0 Å². The molecule has 0 heterocycles. The van der Waals surface area contributed by atoms with Crippen molar-refractivity contribution in [1.29, 1.82) is 0 Å². The van der Waals surface area contributed by atoms with Crippen molar-refractivity contribution in [1.82, 2.24) is 0 Å². The van der Waals surface area contributed by atoms with Crippen molar-refractivity contribution in [3.8, 4) is 0 Å². The fourth-order valence-electron chi connectivity index (χ4n) is 2.17. The van der Waals surface area contributed by atoms with E-state index in [1.54, 1.807) is 12.1 Å². The number of hydrogen-bond donors (Lipinski definition) is 3. The molecule has 21 heavy (non-hydrogen) atoms. The van der Waals surface area contributed by atoms with E-state index < -0.39 is 23.4 Å². The SMILES string of the molecule is NC1=CC=CC(N)(C(=O)OCc2ccccc2)C1C(=O)O. The average molecular weight is 288 g/mol. The predicted octanol–water partition coefficient (Wildman–Crippen LogP) is 0.540. The zero-order valence-corrected chi connectivity index (χ0v) is 11.2. The molecule has 0 aliphatic heterocycles. The van der Waals surface area contributed by atoms with E-state index >= 15 is 0 Å². The Labute approximate surface area is 121 Å². The summed E-state index contributed by atoms with van der Waals surface area (Å²) in [6.07, 6.45) is 4.17. The van der Waals surface area contributed by atoms with Gasteiger partial charge in [-0.15, -0.1) is 0 Å². The Morgan fingerprint density at radius 2 is 1.95 bits per heavy atom. The Kier molecular flexibility index (Phi) is 4.09. The molecule has 0 amide bonds. The molecule has 1 aromatic carbocycles. The molecule has 0 aromatic heterocycles. The van der Waals surface area contributed by atoms with Crippen LogP contribution in [0.5, 0.6) is 0 Å². The van der Waals surface area contributed by atoms with E-state index in [0.29, 0.717) is 0 Å². The Balaban J connectivity index is 2.15. The lowest BCUT2D eigenvalue weighted by Gasteiger charge is -2.32. The van der Waals surface area contributed by atoms with Gasteiger partial charge in [-0.05, 0) is 11.6 Å². The number of carbonyl (C=O) groups excluding carboxylic acids is 1. The van der Waals surface area contributed by atoms with Crippen LogP contribution in [-0.2, 0) is 20.9 Å². The van der Waals surface area contributed by atoms with E-state index in [9.17, 15) is 14.7 Å². The smallest absolute Gasteiger partial charge is 0.331 e. The van der Waals surface area contributed by atoms with E-state index in [-0.39, 0.29) is 12.3 Å². The van der Waals surface area contributed by atoms with Gasteiger partial charge >= 0.3 is 11.9 Å². The highest BCUT2D eigenvalue weighted by molar-refractivity contribution is 5.92. The zero-order valence-electron chi connectivity index (χ0n) is 11.2. The average Bonchev–Trinajstić information content (AvgIpc) is 2.45. The lowest BCUT2D eigenvalue weighted by molar-refractivity contribution is -0.157. The second-order valence-corrected chi connectivity index (χ2v) is 4.79. The molecule has 0 saturated heterocycles. The summed E-state index contributed by atoms with van der Waals surface area (Å²) in [6.45, 7) is 0.0163. The fraction of sp³-hybridized carbons (Fsp3) is 0.200. The van der Waals surface area contributed by atoms with Gasteiger partial charge in [-0.3, -0.25) is 4.79 Å². The summed E-state index contributed by atoms with van der Waals surface area (Å²) in [7, 11) is 0. The van der Waals surface area contributed by atoms with Gasteiger partial charge in [-0.25, -0.2) is 4.79 Å². The second kappa shape index (κ2) is 5.80. The first kappa shape index (κ1) is 14.8. The first-order chi connectivity index (χ1) is 9.95. The number of hydrogen-bond acceptors (Lipinski definition) is 5. The van der Waals surface area contributed by atoms with E-state index in [1.165, 1.54) is 18.2 Å². The summed E-state index contributed by atoms with van der Waals surface area (Å²) < 4.78 is 5.14. The molecular weight excluding hydrogens is 272 g/mol. The van der Waals surface area contributed by atoms with Crippen molar-refractivity contribution in [2.24, 2.45) is 17.4 Å². The maximum Gasteiger partial charge on any atom is 0.331 e. The Morgan fingerprint density at radius 3 is 2.57 bits per heavy atom. The van der Waals surface area contributed by atoms with Gasteiger partial charge in [0, 0.05) is 5.70 Å². The van der Waals surface area contributed by atoms with Crippen molar-refractivity contribution in [3.05, 3.63) is 59.8 Å². The van der Waals surface area contributed by atoms with Gasteiger partial charge < -0.3 is 21.3 Å². The zero-order chi connectivity index (χ0) is 15.5. The van der Waals surface area contributed by atoms with Gasteiger partial charge in [0.15, 0.2) is 5.54 Å². The molecule has 1 aliphatic rings. The number of carboxylic acid groups (broad SMARTS) is 1. The second-order valence-electron chi connectivity index (χ2n) is 4.79. The van der Waals surface area contributed by atoms with Crippen molar-refractivity contribution in [3.63, 3.8) is 0 Å². The number of rotatable bonds is 4. The van der Waals surface area contributed by atoms with E-state index in [2.05, 4.69) is 0 Å². The maximum atomic E-state index is 12.2. The molecule has 1 aliphatic carbocycles.